The van der Waals surface area contributed by atoms with Gasteiger partial charge in [0.2, 0.25) is 0 Å². The van der Waals surface area contributed by atoms with Crippen LogP contribution in [-0.4, -0.2) is 36.0 Å². The molecule has 21 heavy (non-hydrogen) atoms. The second kappa shape index (κ2) is 10.4. The molecular weight excluding hydrogens is 289 g/mol. The third-order valence-corrected chi connectivity index (χ3v) is 3.65. The van der Waals surface area contributed by atoms with Crippen LogP contribution in [0, 0.1) is 5.82 Å². The largest absolute Gasteiger partial charge is 0.369 e. The number of carbonyl (C=O) groups excluding carboxylic acids is 1. The summed E-state index contributed by atoms with van der Waals surface area (Å²) in [4.78, 5) is 16.1. The predicted molar refractivity (Wildman–Crippen MR) is 87.5 cm³/mol. The van der Waals surface area contributed by atoms with Gasteiger partial charge in [-0.25, -0.2) is 9.37 Å². The van der Waals surface area contributed by atoms with Crippen LogP contribution in [0.3, 0.4) is 0 Å². The summed E-state index contributed by atoms with van der Waals surface area (Å²) in [5, 5.41) is 5.88. The van der Waals surface area contributed by atoms with E-state index in [-0.39, 0.29) is 11.5 Å². The van der Waals surface area contributed by atoms with Gasteiger partial charge < -0.3 is 10.6 Å². The first-order valence-corrected chi connectivity index (χ1v) is 8.75. The number of aromatic nitrogens is 1. The van der Waals surface area contributed by atoms with Gasteiger partial charge in [0.05, 0.1) is 11.8 Å². The lowest BCUT2D eigenvalue weighted by molar-refractivity contribution is 0.0953. The molecule has 0 aliphatic heterocycles. The third kappa shape index (κ3) is 6.80. The van der Waals surface area contributed by atoms with Crippen molar-refractivity contribution in [1.29, 1.82) is 0 Å². The molecule has 4 nitrogen and oxygen atoms in total. The Kier molecular flexibility index (Phi) is 8.82. The van der Waals surface area contributed by atoms with Crippen molar-refractivity contribution in [2.24, 2.45) is 0 Å². The molecule has 0 spiro atoms. The molecule has 0 bridgehead atoms. The van der Waals surface area contributed by atoms with Crippen molar-refractivity contribution in [2.45, 2.75) is 32.6 Å². The molecule has 0 saturated carbocycles. The highest BCUT2D eigenvalue weighted by molar-refractivity contribution is 7.98. The van der Waals surface area contributed by atoms with Gasteiger partial charge in [0.15, 0.2) is 0 Å². The SMILES string of the molecule is CCCNc1ncc(F)cc1C(=O)NCCCCCSC. The monoisotopic (exact) mass is 313 g/mol. The van der Waals surface area contributed by atoms with Crippen molar-refractivity contribution in [3.8, 4) is 0 Å². The maximum atomic E-state index is 13.3. The molecule has 1 aromatic rings. The summed E-state index contributed by atoms with van der Waals surface area (Å²) in [6.45, 7) is 3.33. The summed E-state index contributed by atoms with van der Waals surface area (Å²) < 4.78 is 13.3. The zero-order chi connectivity index (χ0) is 15.5. The Bertz CT molecular complexity index is 443. The van der Waals surface area contributed by atoms with Crippen LogP contribution < -0.4 is 10.6 Å². The quantitative estimate of drug-likeness (QED) is 0.651. The first kappa shape index (κ1) is 17.8. The van der Waals surface area contributed by atoms with Crippen LogP contribution in [0.25, 0.3) is 0 Å². The van der Waals surface area contributed by atoms with E-state index in [1.54, 1.807) is 0 Å². The minimum Gasteiger partial charge on any atom is -0.369 e. The molecule has 0 unspecified atom stereocenters. The van der Waals surface area contributed by atoms with E-state index in [0.717, 1.165) is 37.6 Å². The van der Waals surface area contributed by atoms with Gasteiger partial charge in [0.1, 0.15) is 11.6 Å². The van der Waals surface area contributed by atoms with Crippen molar-refractivity contribution in [2.75, 3.05) is 30.4 Å². The number of hydrogen-bond donors (Lipinski definition) is 2. The molecule has 1 amide bonds. The summed E-state index contributed by atoms with van der Waals surface area (Å²) in [6, 6.07) is 1.23. The molecule has 0 fully saturated rings. The molecule has 0 aliphatic rings. The van der Waals surface area contributed by atoms with Gasteiger partial charge in [-0.05, 0) is 37.3 Å². The smallest absolute Gasteiger partial charge is 0.255 e. The minimum atomic E-state index is -0.498. The Morgan fingerprint density at radius 2 is 2.14 bits per heavy atom. The second-order valence-corrected chi connectivity index (χ2v) is 5.77. The highest BCUT2D eigenvalue weighted by Crippen LogP contribution is 2.13. The summed E-state index contributed by atoms with van der Waals surface area (Å²) in [5.41, 5.74) is 0.271. The zero-order valence-electron chi connectivity index (χ0n) is 12.7. The minimum absolute atomic E-state index is 0.271. The Hall–Kier alpha value is -1.30. The topological polar surface area (TPSA) is 54.0 Å². The van der Waals surface area contributed by atoms with Gasteiger partial charge in [0.25, 0.3) is 5.91 Å². The van der Waals surface area contributed by atoms with Crippen molar-refractivity contribution >= 4 is 23.5 Å². The number of anilines is 1. The van der Waals surface area contributed by atoms with E-state index in [9.17, 15) is 9.18 Å². The molecule has 1 rings (SSSR count). The third-order valence-electron chi connectivity index (χ3n) is 2.95. The maximum absolute atomic E-state index is 13.3. The number of rotatable bonds is 10. The first-order valence-electron chi connectivity index (χ1n) is 7.35. The van der Waals surface area contributed by atoms with Gasteiger partial charge >= 0.3 is 0 Å². The standard InChI is InChI=1S/C15H24FN3OS/c1-3-7-17-14-13(10-12(16)11-19-14)15(20)18-8-5-4-6-9-21-2/h10-11H,3-9H2,1-2H3,(H,17,19)(H,18,20). The molecule has 2 N–H and O–H groups in total. The molecule has 0 atom stereocenters. The number of carbonyl (C=O) groups is 1. The van der Waals surface area contributed by atoms with Crippen LogP contribution in [0.15, 0.2) is 12.3 Å². The Balaban J connectivity index is 2.50. The molecule has 1 aromatic heterocycles. The van der Waals surface area contributed by atoms with Crippen LogP contribution in [0.5, 0.6) is 0 Å². The predicted octanol–water partition coefficient (Wildman–Crippen LogP) is 3.31. The zero-order valence-corrected chi connectivity index (χ0v) is 13.6. The number of pyridine rings is 1. The van der Waals surface area contributed by atoms with Crippen LogP contribution >= 0.6 is 11.8 Å². The molecule has 0 radical (unpaired) electrons. The number of hydrogen-bond acceptors (Lipinski definition) is 4. The molecule has 0 saturated heterocycles. The van der Waals surface area contributed by atoms with E-state index in [0.29, 0.717) is 18.9 Å². The summed E-state index contributed by atoms with van der Waals surface area (Å²) in [6.07, 6.45) is 7.30. The van der Waals surface area contributed by atoms with Gasteiger partial charge in [-0.2, -0.15) is 11.8 Å². The van der Waals surface area contributed by atoms with Crippen molar-refractivity contribution < 1.29 is 9.18 Å². The summed E-state index contributed by atoms with van der Waals surface area (Å²) in [7, 11) is 0. The van der Waals surface area contributed by atoms with E-state index in [1.165, 1.54) is 6.07 Å². The lowest BCUT2D eigenvalue weighted by Crippen LogP contribution is -2.26. The average molecular weight is 313 g/mol. The van der Waals surface area contributed by atoms with Crippen molar-refractivity contribution in [3.05, 3.63) is 23.6 Å². The Morgan fingerprint density at radius 3 is 2.86 bits per heavy atom. The normalized spacial score (nSPS) is 10.4. The average Bonchev–Trinajstić information content (AvgIpc) is 2.49. The number of nitrogens with one attached hydrogen (secondary N) is 2. The highest BCUT2D eigenvalue weighted by Gasteiger charge is 2.13. The maximum Gasteiger partial charge on any atom is 0.255 e. The fourth-order valence-corrected chi connectivity index (χ4v) is 2.33. The van der Waals surface area contributed by atoms with Crippen molar-refractivity contribution in [1.82, 2.24) is 10.3 Å². The number of amides is 1. The lowest BCUT2D eigenvalue weighted by atomic mass is 10.2. The molecule has 1 heterocycles. The molecule has 0 aliphatic carbocycles. The van der Waals surface area contributed by atoms with Gasteiger partial charge in [-0.1, -0.05) is 13.3 Å². The van der Waals surface area contributed by atoms with E-state index in [4.69, 9.17) is 0 Å². The number of unbranched alkanes of at least 4 members (excludes halogenated alkanes) is 2. The van der Waals surface area contributed by atoms with Gasteiger partial charge in [-0.3, -0.25) is 4.79 Å². The lowest BCUT2D eigenvalue weighted by Gasteiger charge is -2.11. The molecule has 118 valence electrons. The first-order chi connectivity index (χ1) is 10.2. The van der Waals surface area contributed by atoms with Crippen LogP contribution in [0.2, 0.25) is 0 Å². The Labute approximate surface area is 130 Å². The van der Waals surface area contributed by atoms with E-state index >= 15 is 0 Å². The number of halogens is 1. The van der Waals surface area contributed by atoms with Gasteiger partial charge in [0, 0.05) is 13.1 Å². The highest BCUT2D eigenvalue weighted by atomic mass is 32.2. The Morgan fingerprint density at radius 1 is 1.33 bits per heavy atom. The molecule has 0 aromatic carbocycles. The van der Waals surface area contributed by atoms with Crippen LogP contribution in [0.1, 0.15) is 43.0 Å². The number of thioether (sulfide) groups is 1. The summed E-state index contributed by atoms with van der Waals surface area (Å²) in [5.74, 6) is 0.818. The van der Waals surface area contributed by atoms with E-state index in [1.807, 2.05) is 18.7 Å². The molecular formula is C15H24FN3OS. The van der Waals surface area contributed by atoms with Gasteiger partial charge in [-0.15, -0.1) is 0 Å². The number of nitrogens with zero attached hydrogens (tertiary/aromatic N) is 1. The second-order valence-electron chi connectivity index (χ2n) is 4.79. The fraction of sp³-hybridized carbons (Fsp3) is 0.600. The van der Waals surface area contributed by atoms with Crippen LogP contribution in [0.4, 0.5) is 10.2 Å². The molecule has 6 heteroatoms. The summed E-state index contributed by atoms with van der Waals surface area (Å²) >= 11 is 1.83. The van der Waals surface area contributed by atoms with E-state index in [2.05, 4.69) is 21.9 Å². The van der Waals surface area contributed by atoms with E-state index < -0.39 is 5.82 Å². The fourth-order valence-electron chi connectivity index (χ4n) is 1.84. The van der Waals surface area contributed by atoms with Crippen molar-refractivity contribution in [3.63, 3.8) is 0 Å². The van der Waals surface area contributed by atoms with Crippen LogP contribution in [-0.2, 0) is 0 Å².